The van der Waals surface area contributed by atoms with Crippen molar-refractivity contribution in [1.29, 1.82) is 0 Å². The van der Waals surface area contributed by atoms with E-state index in [4.69, 9.17) is 11.6 Å². The first-order chi connectivity index (χ1) is 10.0. The summed E-state index contributed by atoms with van der Waals surface area (Å²) in [6.07, 6.45) is 5.05. The van der Waals surface area contributed by atoms with Crippen LogP contribution in [0.2, 0.25) is 5.02 Å². The van der Waals surface area contributed by atoms with Crippen LogP contribution >= 0.6 is 11.6 Å². The van der Waals surface area contributed by atoms with Crippen molar-refractivity contribution < 1.29 is 18.6 Å². The zero-order valence-electron chi connectivity index (χ0n) is 11.7. The molecule has 21 heavy (non-hydrogen) atoms. The lowest BCUT2D eigenvalue weighted by atomic mass is 9.82. The maximum absolute atomic E-state index is 12.4. The van der Waals surface area contributed by atoms with Gasteiger partial charge in [-0.2, -0.15) is 8.78 Å². The Kier molecular flexibility index (Phi) is 5.79. The fourth-order valence-electron chi connectivity index (χ4n) is 2.80. The molecule has 0 unspecified atom stereocenters. The highest BCUT2D eigenvalue weighted by molar-refractivity contribution is 6.30. The Labute approximate surface area is 128 Å². The molecule has 118 valence electrons. The van der Waals surface area contributed by atoms with Crippen molar-refractivity contribution >= 4 is 11.6 Å². The number of halogens is 3. The number of alkyl halides is 2. The van der Waals surface area contributed by atoms with Gasteiger partial charge in [-0.05, 0) is 31.0 Å². The van der Waals surface area contributed by atoms with Crippen molar-refractivity contribution in [2.24, 2.45) is 0 Å². The number of ether oxygens (including phenoxy) is 1. The highest BCUT2D eigenvalue weighted by Gasteiger charge is 2.30. The van der Waals surface area contributed by atoms with Crippen LogP contribution in [-0.2, 0) is 6.54 Å². The van der Waals surface area contributed by atoms with Crippen LogP contribution in [0.4, 0.5) is 8.78 Å². The summed E-state index contributed by atoms with van der Waals surface area (Å²) < 4.78 is 29.4. The molecule has 1 fully saturated rings. The monoisotopic (exact) mass is 319 g/mol. The van der Waals surface area contributed by atoms with Crippen LogP contribution in [0.1, 0.15) is 37.7 Å². The topological polar surface area (TPSA) is 41.5 Å². The van der Waals surface area contributed by atoms with Gasteiger partial charge in [0.15, 0.2) is 0 Å². The number of nitrogens with one attached hydrogen (secondary N) is 1. The van der Waals surface area contributed by atoms with Crippen molar-refractivity contribution in [3.05, 3.63) is 28.8 Å². The van der Waals surface area contributed by atoms with Crippen molar-refractivity contribution in [1.82, 2.24) is 5.32 Å². The molecule has 0 aliphatic heterocycles. The molecule has 2 rings (SSSR count). The minimum atomic E-state index is -2.87. The van der Waals surface area contributed by atoms with Gasteiger partial charge in [0.05, 0.1) is 6.61 Å². The number of aliphatic hydroxyl groups is 1. The predicted molar refractivity (Wildman–Crippen MR) is 77.8 cm³/mol. The summed E-state index contributed by atoms with van der Waals surface area (Å²) >= 11 is 5.92. The molecule has 0 heterocycles. The van der Waals surface area contributed by atoms with E-state index >= 15 is 0 Å². The quantitative estimate of drug-likeness (QED) is 0.839. The van der Waals surface area contributed by atoms with E-state index in [9.17, 15) is 13.9 Å². The maximum Gasteiger partial charge on any atom is 0.387 e. The van der Waals surface area contributed by atoms with Crippen LogP contribution in [0.15, 0.2) is 18.2 Å². The lowest BCUT2D eigenvalue weighted by Crippen LogP contribution is -2.49. The SMILES string of the molecule is OCC1(NCc2cc(Cl)ccc2OC(F)F)CCCCC1. The van der Waals surface area contributed by atoms with Crippen LogP contribution in [0, 0.1) is 0 Å². The third kappa shape index (κ3) is 4.53. The van der Waals surface area contributed by atoms with Gasteiger partial charge in [-0.3, -0.25) is 0 Å². The third-order valence-electron chi connectivity index (χ3n) is 4.01. The summed E-state index contributed by atoms with van der Waals surface area (Å²) in [5.74, 6) is 0.116. The van der Waals surface area contributed by atoms with Gasteiger partial charge in [0, 0.05) is 22.7 Å². The Balaban J connectivity index is 2.09. The number of rotatable bonds is 6. The van der Waals surface area contributed by atoms with Gasteiger partial charge >= 0.3 is 6.61 Å². The van der Waals surface area contributed by atoms with E-state index in [2.05, 4.69) is 10.1 Å². The first kappa shape index (κ1) is 16.5. The first-order valence-corrected chi connectivity index (χ1v) is 7.52. The second kappa shape index (κ2) is 7.38. The molecule has 1 saturated carbocycles. The normalized spacial score (nSPS) is 18.0. The predicted octanol–water partition coefficient (Wildman–Crippen LogP) is 3.73. The van der Waals surface area contributed by atoms with Crippen LogP contribution in [0.3, 0.4) is 0 Å². The zero-order chi connectivity index (χ0) is 15.3. The fraction of sp³-hybridized carbons (Fsp3) is 0.600. The highest BCUT2D eigenvalue weighted by atomic mass is 35.5. The minimum Gasteiger partial charge on any atom is -0.434 e. The van der Waals surface area contributed by atoms with Crippen LogP contribution < -0.4 is 10.1 Å². The van der Waals surface area contributed by atoms with Crippen LogP contribution in [-0.4, -0.2) is 23.9 Å². The molecule has 0 saturated heterocycles. The second-order valence-electron chi connectivity index (χ2n) is 5.48. The van der Waals surface area contributed by atoms with E-state index in [1.54, 1.807) is 6.07 Å². The summed E-state index contributed by atoms with van der Waals surface area (Å²) in [4.78, 5) is 0. The summed E-state index contributed by atoms with van der Waals surface area (Å²) in [7, 11) is 0. The van der Waals surface area contributed by atoms with Crippen LogP contribution in [0.25, 0.3) is 0 Å². The van der Waals surface area contributed by atoms with Gasteiger partial charge in [0.1, 0.15) is 5.75 Å². The second-order valence-corrected chi connectivity index (χ2v) is 5.92. The number of hydrogen-bond donors (Lipinski definition) is 2. The molecule has 1 aromatic rings. The van der Waals surface area contributed by atoms with Gasteiger partial charge in [0.2, 0.25) is 0 Å². The van der Waals surface area contributed by atoms with Gasteiger partial charge in [-0.1, -0.05) is 30.9 Å². The Bertz CT molecular complexity index is 465. The van der Waals surface area contributed by atoms with E-state index < -0.39 is 6.61 Å². The molecule has 1 aromatic carbocycles. The van der Waals surface area contributed by atoms with E-state index in [0.717, 1.165) is 25.7 Å². The zero-order valence-corrected chi connectivity index (χ0v) is 12.5. The van der Waals surface area contributed by atoms with E-state index in [1.807, 2.05) is 0 Å². The fourth-order valence-corrected chi connectivity index (χ4v) is 2.99. The summed E-state index contributed by atoms with van der Waals surface area (Å²) in [5, 5.41) is 13.4. The summed E-state index contributed by atoms with van der Waals surface area (Å²) in [5.41, 5.74) is 0.240. The molecular formula is C15H20ClF2NO2. The maximum atomic E-state index is 12.4. The number of hydrogen-bond acceptors (Lipinski definition) is 3. The molecule has 0 radical (unpaired) electrons. The van der Waals surface area contributed by atoms with E-state index in [0.29, 0.717) is 17.1 Å². The minimum absolute atomic E-state index is 0.0403. The van der Waals surface area contributed by atoms with Crippen molar-refractivity contribution in [2.75, 3.05) is 6.61 Å². The summed E-state index contributed by atoms with van der Waals surface area (Å²) in [6.45, 7) is -2.49. The smallest absolute Gasteiger partial charge is 0.387 e. The number of aliphatic hydroxyl groups excluding tert-OH is 1. The van der Waals surface area contributed by atoms with Crippen molar-refractivity contribution in [3.8, 4) is 5.75 Å². The third-order valence-corrected chi connectivity index (χ3v) is 4.24. The Morgan fingerprint density at radius 3 is 2.62 bits per heavy atom. The molecule has 1 aliphatic carbocycles. The van der Waals surface area contributed by atoms with Gasteiger partial charge < -0.3 is 15.2 Å². The first-order valence-electron chi connectivity index (χ1n) is 7.14. The summed E-state index contributed by atoms with van der Waals surface area (Å²) in [6, 6.07) is 4.57. The molecule has 0 amide bonds. The molecule has 1 aliphatic rings. The average Bonchev–Trinajstić information content (AvgIpc) is 2.48. The average molecular weight is 320 g/mol. The molecule has 3 nitrogen and oxygen atoms in total. The Morgan fingerprint density at radius 1 is 1.29 bits per heavy atom. The Hall–Kier alpha value is -0.910. The highest BCUT2D eigenvalue weighted by Crippen LogP contribution is 2.30. The molecule has 0 atom stereocenters. The lowest BCUT2D eigenvalue weighted by Gasteiger charge is -2.37. The molecule has 2 N–H and O–H groups in total. The van der Waals surface area contributed by atoms with Crippen molar-refractivity contribution in [2.45, 2.75) is 50.8 Å². The van der Waals surface area contributed by atoms with Gasteiger partial charge in [0.25, 0.3) is 0 Å². The molecule has 0 bridgehead atoms. The van der Waals surface area contributed by atoms with Crippen LogP contribution in [0.5, 0.6) is 5.75 Å². The Morgan fingerprint density at radius 2 is 2.00 bits per heavy atom. The van der Waals surface area contributed by atoms with E-state index in [-0.39, 0.29) is 17.9 Å². The molecule has 0 aromatic heterocycles. The largest absolute Gasteiger partial charge is 0.434 e. The van der Waals surface area contributed by atoms with E-state index in [1.165, 1.54) is 18.6 Å². The number of benzene rings is 1. The molecule has 6 heteroatoms. The van der Waals surface area contributed by atoms with Crippen molar-refractivity contribution in [3.63, 3.8) is 0 Å². The standard InChI is InChI=1S/C15H20ClF2NO2/c16-12-4-5-13(21-14(17)18)11(8-12)9-19-15(10-20)6-2-1-3-7-15/h4-5,8,14,19-20H,1-3,6-7,9-10H2. The lowest BCUT2D eigenvalue weighted by molar-refractivity contribution is -0.0505. The molecular weight excluding hydrogens is 300 g/mol. The van der Waals surface area contributed by atoms with Gasteiger partial charge in [-0.15, -0.1) is 0 Å². The van der Waals surface area contributed by atoms with Gasteiger partial charge in [-0.25, -0.2) is 0 Å². The molecule has 0 spiro atoms.